The molecule has 0 radical (unpaired) electrons. The number of aryl methyl sites for hydroxylation is 3. The van der Waals surface area contributed by atoms with Crippen molar-refractivity contribution >= 4 is 11.9 Å². The first-order valence-electron chi connectivity index (χ1n) is 7.12. The van der Waals surface area contributed by atoms with E-state index in [4.69, 9.17) is 0 Å². The number of benzene rings is 1. The second kappa shape index (κ2) is 5.44. The first-order chi connectivity index (χ1) is 10.2. The highest BCUT2D eigenvalue weighted by Gasteiger charge is 2.46. The van der Waals surface area contributed by atoms with Gasteiger partial charge in [0.15, 0.2) is 0 Å². The highest BCUT2D eigenvalue weighted by molar-refractivity contribution is 5.93. The van der Waals surface area contributed by atoms with Crippen molar-refractivity contribution in [1.29, 1.82) is 0 Å². The smallest absolute Gasteiger partial charge is 0.332 e. The van der Waals surface area contributed by atoms with Crippen molar-refractivity contribution in [3.8, 4) is 0 Å². The van der Waals surface area contributed by atoms with Crippen LogP contribution < -0.4 is 0 Å². The van der Waals surface area contributed by atoms with Gasteiger partial charge in [-0.05, 0) is 44.4 Å². The quantitative estimate of drug-likeness (QED) is 0.897. The summed E-state index contributed by atoms with van der Waals surface area (Å²) in [6.07, 6.45) is 4.59. The summed E-state index contributed by atoms with van der Waals surface area (Å²) in [6, 6.07) is 3.92. The van der Waals surface area contributed by atoms with Gasteiger partial charge in [-0.15, -0.1) is 0 Å². The van der Waals surface area contributed by atoms with Crippen LogP contribution in [0.25, 0.3) is 0 Å². The van der Waals surface area contributed by atoms with Gasteiger partial charge in [0, 0.05) is 11.5 Å². The van der Waals surface area contributed by atoms with Gasteiger partial charge in [-0.25, -0.2) is 4.79 Å². The van der Waals surface area contributed by atoms with Crippen LogP contribution in [0.4, 0.5) is 0 Å². The SMILES string of the molecule is Cc1cc(C)c(C2C(C(=O)O)=CC=CC2(C)C(=O)O)c(C)c1. The van der Waals surface area contributed by atoms with Crippen molar-refractivity contribution in [1.82, 2.24) is 0 Å². The molecule has 22 heavy (non-hydrogen) atoms. The van der Waals surface area contributed by atoms with Gasteiger partial charge in [-0.3, -0.25) is 4.79 Å². The standard InChI is InChI=1S/C18H20O4/c1-10-8-11(2)14(12(3)9-10)15-13(16(19)20)6-5-7-18(15,4)17(21)22/h5-9,15H,1-4H3,(H,19,20)(H,21,22). The largest absolute Gasteiger partial charge is 0.481 e. The molecule has 1 aromatic carbocycles. The number of hydrogen-bond acceptors (Lipinski definition) is 2. The molecule has 2 N–H and O–H groups in total. The van der Waals surface area contributed by atoms with Gasteiger partial charge >= 0.3 is 11.9 Å². The summed E-state index contributed by atoms with van der Waals surface area (Å²) in [6.45, 7) is 7.34. The summed E-state index contributed by atoms with van der Waals surface area (Å²) in [5, 5.41) is 19.2. The highest BCUT2D eigenvalue weighted by Crippen LogP contribution is 2.47. The Kier molecular flexibility index (Phi) is 3.96. The fraction of sp³-hybridized carbons (Fsp3) is 0.333. The van der Waals surface area contributed by atoms with Crippen LogP contribution >= 0.6 is 0 Å². The molecule has 2 rings (SSSR count). The number of carbonyl (C=O) groups is 2. The average Bonchev–Trinajstić information content (AvgIpc) is 2.38. The number of hydrogen-bond donors (Lipinski definition) is 2. The van der Waals surface area contributed by atoms with E-state index in [-0.39, 0.29) is 5.57 Å². The van der Waals surface area contributed by atoms with Crippen molar-refractivity contribution in [2.75, 3.05) is 0 Å². The lowest BCUT2D eigenvalue weighted by Crippen LogP contribution is -2.37. The predicted octanol–water partition coefficient (Wildman–Crippen LogP) is 3.37. The zero-order chi connectivity index (χ0) is 16.7. The van der Waals surface area contributed by atoms with E-state index in [0.717, 1.165) is 22.3 Å². The normalized spacial score (nSPS) is 24.0. The Labute approximate surface area is 129 Å². The Morgan fingerprint density at radius 1 is 1.09 bits per heavy atom. The van der Waals surface area contributed by atoms with E-state index in [0.29, 0.717) is 0 Å². The van der Waals surface area contributed by atoms with Gasteiger partial charge in [-0.2, -0.15) is 0 Å². The number of allylic oxidation sites excluding steroid dienone is 2. The lowest BCUT2D eigenvalue weighted by atomic mass is 9.65. The van der Waals surface area contributed by atoms with E-state index in [1.54, 1.807) is 13.0 Å². The van der Waals surface area contributed by atoms with E-state index < -0.39 is 23.3 Å². The minimum atomic E-state index is -1.28. The molecule has 1 aromatic rings. The van der Waals surface area contributed by atoms with E-state index in [9.17, 15) is 19.8 Å². The van der Waals surface area contributed by atoms with Crippen LogP contribution in [0.15, 0.2) is 35.9 Å². The molecule has 1 aliphatic rings. The van der Waals surface area contributed by atoms with Crippen LogP contribution in [0.1, 0.15) is 35.1 Å². The Hall–Kier alpha value is -2.36. The fourth-order valence-electron chi connectivity index (χ4n) is 3.36. The molecule has 0 saturated heterocycles. The third-order valence-electron chi connectivity index (χ3n) is 4.36. The van der Waals surface area contributed by atoms with E-state index in [1.165, 1.54) is 12.2 Å². The number of carboxylic acid groups (broad SMARTS) is 2. The van der Waals surface area contributed by atoms with Crippen LogP contribution in [0.5, 0.6) is 0 Å². The minimum Gasteiger partial charge on any atom is -0.481 e. The first-order valence-corrected chi connectivity index (χ1v) is 7.12. The molecule has 0 saturated carbocycles. The third-order valence-corrected chi connectivity index (χ3v) is 4.36. The molecule has 4 nitrogen and oxygen atoms in total. The molecule has 116 valence electrons. The second-order valence-electron chi connectivity index (χ2n) is 6.12. The Balaban J connectivity index is 2.76. The summed E-state index contributed by atoms with van der Waals surface area (Å²) < 4.78 is 0. The van der Waals surface area contributed by atoms with Crippen LogP contribution in [0.3, 0.4) is 0 Å². The van der Waals surface area contributed by atoms with Gasteiger partial charge < -0.3 is 10.2 Å². The molecule has 1 aliphatic carbocycles. The lowest BCUT2D eigenvalue weighted by Gasteiger charge is -2.36. The lowest BCUT2D eigenvalue weighted by molar-refractivity contribution is -0.146. The number of rotatable bonds is 3. The topological polar surface area (TPSA) is 74.6 Å². The van der Waals surface area contributed by atoms with Gasteiger partial charge in [0.25, 0.3) is 0 Å². The molecule has 0 spiro atoms. The molecular weight excluding hydrogens is 280 g/mol. The van der Waals surface area contributed by atoms with Crippen LogP contribution in [-0.4, -0.2) is 22.2 Å². The van der Waals surface area contributed by atoms with Gasteiger partial charge in [0.05, 0.1) is 5.41 Å². The van der Waals surface area contributed by atoms with E-state index >= 15 is 0 Å². The van der Waals surface area contributed by atoms with E-state index in [1.807, 2.05) is 32.9 Å². The van der Waals surface area contributed by atoms with Crippen LogP contribution in [0, 0.1) is 26.2 Å². The summed E-state index contributed by atoms with van der Waals surface area (Å²) in [4.78, 5) is 23.5. The summed E-state index contributed by atoms with van der Waals surface area (Å²) in [5.74, 6) is -2.82. The maximum Gasteiger partial charge on any atom is 0.332 e. The molecule has 0 heterocycles. The first kappa shape index (κ1) is 16.0. The molecule has 2 unspecified atom stereocenters. The summed E-state index contributed by atoms with van der Waals surface area (Å²) in [5.41, 5.74) is 2.52. The minimum absolute atomic E-state index is 0.113. The zero-order valence-corrected chi connectivity index (χ0v) is 13.2. The fourth-order valence-corrected chi connectivity index (χ4v) is 3.36. The van der Waals surface area contributed by atoms with E-state index in [2.05, 4.69) is 0 Å². The summed E-state index contributed by atoms with van der Waals surface area (Å²) >= 11 is 0. The Morgan fingerprint density at radius 2 is 1.64 bits per heavy atom. The molecule has 0 fully saturated rings. The zero-order valence-electron chi connectivity index (χ0n) is 13.2. The van der Waals surface area contributed by atoms with Crippen molar-refractivity contribution in [2.45, 2.75) is 33.6 Å². The van der Waals surface area contributed by atoms with Crippen molar-refractivity contribution < 1.29 is 19.8 Å². The Morgan fingerprint density at radius 3 is 2.09 bits per heavy atom. The Bertz CT molecular complexity index is 689. The van der Waals surface area contributed by atoms with Gasteiger partial charge in [0.2, 0.25) is 0 Å². The number of carboxylic acids is 2. The monoisotopic (exact) mass is 300 g/mol. The van der Waals surface area contributed by atoms with Crippen molar-refractivity contribution in [3.63, 3.8) is 0 Å². The van der Waals surface area contributed by atoms with Gasteiger partial charge in [0.1, 0.15) is 0 Å². The second-order valence-corrected chi connectivity index (χ2v) is 6.12. The van der Waals surface area contributed by atoms with Crippen molar-refractivity contribution in [2.24, 2.45) is 5.41 Å². The molecule has 0 amide bonds. The maximum atomic E-state index is 11.8. The van der Waals surface area contributed by atoms with Crippen molar-refractivity contribution in [3.05, 3.63) is 58.2 Å². The highest BCUT2D eigenvalue weighted by atomic mass is 16.4. The molecule has 0 aliphatic heterocycles. The van der Waals surface area contributed by atoms with Crippen LogP contribution in [-0.2, 0) is 9.59 Å². The molecule has 4 heteroatoms. The average molecular weight is 300 g/mol. The maximum absolute atomic E-state index is 11.8. The van der Waals surface area contributed by atoms with Crippen LogP contribution in [0.2, 0.25) is 0 Å². The number of aliphatic carboxylic acids is 2. The summed E-state index contributed by atoms with van der Waals surface area (Å²) in [7, 11) is 0. The molecular formula is C18H20O4. The molecule has 0 bridgehead atoms. The molecule has 0 aromatic heterocycles. The van der Waals surface area contributed by atoms with Gasteiger partial charge in [-0.1, -0.05) is 35.9 Å². The third kappa shape index (κ3) is 2.45. The molecule has 2 atom stereocenters. The predicted molar refractivity (Wildman–Crippen MR) is 84.0 cm³/mol.